The molecule has 16 heteroatoms. The van der Waals surface area contributed by atoms with E-state index in [1.54, 1.807) is 44.8 Å². The Kier molecular flexibility index (Phi) is 20.0. The van der Waals surface area contributed by atoms with E-state index in [0.29, 0.717) is 19.1 Å². The summed E-state index contributed by atoms with van der Waals surface area (Å²) >= 11 is 0. The largest absolute Gasteiger partial charge is 0.467 e. The normalized spacial score (nSPS) is 32.5. The lowest BCUT2D eigenvalue weighted by Crippen LogP contribution is -2.60. The summed E-state index contributed by atoms with van der Waals surface area (Å²) in [4.78, 5) is 102. The van der Waals surface area contributed by atoms with Gasteiger partial charge < -0.3 is 48.9 Å². The van der Waals surface area contributed by atoms with E-state index < -0.39 is 51.5 Å². The second-order valence-corrected chi connectivity index (χ2v) is 21.4. The van der Waals surface area contributed by atoms with Crippen LogP contribution in [0, 0.1) is 45.3 Å². The van der Waals surface area contributed by atoms with Crippen molar-refractivity contribution < 1.29 is 58.0 Å². The number of amides is 4. The first-order valence-corrected chi connectivity index (χ1v) is 23.7. The van der Waals surface area contributed by atoms with Gasteiger partial charge in [0.2, 0.25) is 29.2 Å². The smallest absolute Gasteiger partial charge is 0.339 e. The maximum absolute atomic E-state index is 12.3. The van der Waals surface area contributed by atoms with Crippen molar-refractivity contribution in [2.24, 2.45) is 45.3 Å². The van der Waals surface area contributed by atoms with E-state index in [1.165, 1.54) is 31.1 Å². The predicted molar refractivity (Wildman–Crippen MR) is 252 cm³/mol. The minimum absolute atomic E-state index is 0.0253. The molecule has 0 saturated carbocycles. The van der Waals surface area contributed by atoms with Gasteiger partial charge in [0.05, 0.1) is 33.0 Å². The summed E-state index contributed by atoms with van der Waals surface area (Å²) in [5.41, 5.74) is -5.76. The summed E-state index contributed by atoms with van der Waals surface area (Å²) in [5, 5.41) is 19.3. The van der Waals surface area contributed by atoms with Gasteiger partial charge in [-0.3, -0.25) is 19.2 Å². The summed E-state index contributed by atoms with van der Waals surface area (Å²) in [7, 11) is 9.10. The molecule has 4 saturated heterocycles. The molecule has 4 fully saturated rings. The molecule has 380 valence electrons. The van der Waals surface area contributed by atoms with Crippen LogP contribution in [0.5, 0.6) is 0 Å². The van der Waals surface area contributed by atoms with E-state index >= 15 is 0 Å². The summed E-state index contributed by atoms with van der Waals surface area (Å²) in [5.74, 6) is -1.78. The number of ether oxygens (including phenoxy) is 2. The highest BCUT2D eigenvalue weighted by Crippen LogP contribution is 2.53. The average molecular weight is 937 g/mol. The minimum atomic E-state index is -1.52. The van der Waals surface area contributed by atoms with Gasteiger partial charge in [-0.15, -0.1) is 0 Å². The van der Waals surface area contributed by atoms with Crippen LogP contribution in [0.3, 0.4) is 0 Å². The van der Waals surface area contributed by atoms with Crippen LogP contribution in [0.4, 0.5) is 0 Å². The zero-order valence-corrected chi connectivity index (χ0v) is 44.3. The van der Waals surface area contributed by atoms with Crippen molar-refractivity contribution in [3.8, 4) is 0 Å². The zero-order chi connectivity index (χ0) is 52.0. The number of methoxy groups -OCH3 is 2. The number of aldehydes is 2. The molecule has 2 N–H and O–H groups in total. The summed E-state index contributed by atoms with van der Waals surface area (Å²) in [6.07, 6.45) is 8.26. The number of aliphatic hydroxyl groups excluding tert-OH is 2. The third-order valence-electron chi connectivity index (χ3n) is 17.5. The van der Waals surface area contributed by atoms with Gasteiger partial charge in [-0.05, 0) is 39.5 Å². The zero-order valence-electron chi connectivity index (χ0n) is 44.3. The van der Waals surface area contributed by atoms with E-state index in [4.69, 9.17) is 9.47 Å². The molecule has 0 aromatic rings. The van der Waals surface area contributed by atoms with Gasteiger partial charge in [0.15, 0.2) is 11.8 Å². The van der Waals surface area contributed by atoms with Crippen molar-refractivity contribution in [3.63, 3.8) is 0 Å². The first-order valence-electron chi connectivity index (χ1n) is 23.7. The van der Waals surface area contributed by atoms with Crippen LogP contribution < -0.4 is 0 Å². The first kappa shape index (κ1) is 60.1. The van der Waals surface area contributed by atoms with Crippen molar-refractivity contribution in [1.82, 2.24) is 19.6 Å². The van der Waals surface area contributed by atoms with Crippen LogP contribution in [0.25, 0.3) is 0 Å². The molecule has 0 aliphatic carbocycles. The molecular weight excluding hydrogens is 849 g/mol. The van der Waals surface area contributed by atoms with Gasteiger partial charge in [-0.2, -0.15) is 0 Å². The summed E-state index contributed by atoms with van der Waals surface area (Å²) in [6.45, 7) is 27.0. The van der Waals surface area contributed by atoms with Crippen LogP contribution in [0.1, 0.15) is 148 Å². The molecule has 16 nitrogen and oxygen atoms in total. The fourth-order valence-corrected chi connectivity index (χ4v) is 11.4. The molecule has 4 rings (SSSR count). The molecule has 4 aliphatic heterocycles. The van der Waals surface area contributed by atoms with Crippen LogP contribution in [0.15, 0.2) is 0 Å². The van der Waals surface area contributed by atoms with Crippen molar-refractivity contribution >= 4 is 48.1 Å². The predicted octanol–water partition coefficient (Wildman–Crippen LogP) is 5.33. The Balaban J connectivity index is 0.000000442. The van der Waals surface area contributed by atoms with Crippen LogP contribution in [-0.4, -0.2) is 156 Å². The monoisotopic (exact) mass is 937 g/mol. The second-order valence-electron chi connectivity index (χ2n) is 21.4. The number of esters is 2. The second kappa shape index (κ2) is 22.0. The molecule has 0 aromatic carbocycles. The van der Waals surface area contributed by atoms with Gasteiger partial charge in [0, 0.05) is 73.5 Å². The minimum Gasteiger partial charge on any atom is -0.467 e. The average Bonchev–Trinajstić information content (AvgIpc) is 3.64. The Bertz CT molecular complexity index is 1780. The Morgan fingerprint density at radius 2 is 0.848 bits per heavy atom. The molecule has 0 unspecified atom stereocenters. The molecule has 0 aromatic heterocycles. The van der Waals surface area contributed by atoms with E-state index in [0.717, 1.165) is 44.8 Å². The SMILES string of the molecule is CCC[C@H]1C(=O)N(C)[C@@](C=O)(C(=O)OC)C1(C)C.CCC[C@H]1C(=O)N(C)[C@@](CO)(C(=O)OC)C1(C)C.CCC[C@H]1C(=O)N(C)[C@](C)(C=O)C1(C)C.CCC[C@H]1C(=O)N(C)[C@](C)(CO)C1(C)C. The van der Waals surface area contributed by atoms with Crippen LogP contribution in [0.2, 0.25) is 0 Å². The summed E-state index contributed by atoms with van der Waals surface area (Å²) in [6, 6.07) is 0. The molecule has 0 bridgehead atoms. The molecule has 4 heterocycles. The number of likely N-dealkylation sites (N-methyl/N-ethyl adjacent to an activating group) is 4. The van der Waals surface area contributed by atoms with Crippen LogP contribution >= 0.6 is 0 Å². The Morgan fingerprint density at radius 3 is 1.17 bits per heavy atom. The number of carbonyl (C=O) groups is 8. The Hall–Kier alpha value is -3.92. The van der Waals surface area contributed by atoms with Gasteiger partial charge in [-0.1, -0.05) is 109 Å². The number of likely N-dealkylation sites (tertiary alicyclic amines) is 4. The molecule has 4 amide bonds. The quantitative estimate of drug-likeness (QED) is 0.129. The topological polar surface area (TPSA) is 208 Å². The van der Waals surface area contributed by atoms with Crippen LogP contribution in [-0.2, 0) is 47.8 Å². The maximum atomic E-state index is 12.3. The summed E-state index contributed by atoms with van der Waals surface area (Å²) < 4.78 is 9.56. The van der Waals surface area contributed by atoms with Crippen molar-refractivity contribution in [2.45, 2.75) is 170 Å². The standard InChI is InChI=1S/C13H23NO4.C13H21NO4.C12H23NO2.C12H21NO2/c2*1-6-7-9-10(16)14(4)13(8-15,11(17)18-5)12(9,2)3;2*1-6-7-9-10(15)13(5)12(4,8-14)11(9,2)3/h9,15H,6-8H2,1-5H3;8-9H,6-7H2,1-5H3;9,14H,6-8H2,1-5H3;8-9H,6-7H2,1-5H3/t2*9-,13-;2*9-,12+/m0000/s1. The van der Waals surface area contributed by atoms with Gasteiger partial charge in [0.25, 0.3) is 0 Å². The molecule has 0 radical (unpaired) electrons. The van der Waals surface area contributed by atoms with E-state index in [9.17, 15) is 48.6 Å². The van der Waals surface area contributed by atoms with Gasteiger partial charge >= 0.3 is 11.9 Å². The fourth-order valence-electron chi connectivity index (χ4n) is 11.4. The van der Waals surface area contributed by atoms with Crippen molar-refractivity contribution in [3.05, 3.63) is 0 Å². The lowest BCUT2D eigenvalue weighted by molar-refractivity contribution is -0.165. The molecule has 4 aliphatic rings. The van der Waals surface area contributed by atoms with E-state index in [-0.39, 0.29) is 64.7 Å². The lowest BCUT2D eigenvalue weighted by atomic mass is 9.66. The molecule has 0 spiro atoms. The Morgan fingerprint density at radius 1 is 0.500 bits per heavy atom. The number of carbonyl (C=O) groups excluding carboxylic acids is 8. The number of rotatable bonds is 14. The van der Waals surface area contributed by atoms with E-state index in [1.807, 2.05) is 55.4 Å². The van der Waals surface area contributed by atoms with E-state index in [2.05, 4.69) is 27.7 Å². The Labute approximate surface area is 396 Å². The number of aliphatic hydroxyl groups is 2. The first-order chi connectivity index (χ1) is 30.3. The molecule has 8 atom stereocenters. The number of hydrogen-bond donors (Lipinski definition) is 2. The third-order valence-corrected chi connectivity index (χ3v) is 17.5. The fraction of sp³-hybridized carbons (Fsp3) is 0.840. The highest BCUT2D eigenvalue weighted by molar-refractivity contribution is 6.07. The third kappa shape index (κ3) is 9.07. The lowest BCUT2D eigenvalue weighted by Gasteiger charge is -2.42. The van der Waals surface area contributed by atoms with Crippen molar-refractivity contribution in [1.29, 1.82) is 0 Å². The van der Waals surface area contributed by atoms with Gasteiger partial charge in [0.1, 0.15) is 11.8 Å². The van der Waals surface area contributed by atoms with Gasteiger partial charge in [-0.25, -0.2) is 9.59 Å². The highest BCUT2D eigenvalue weighted by atomic mass is 16.5. The maximum Gasteiger partial charge on any atom is 0.339 e. The highest BCUT2D eigenvalue weighted by Gasteiger charge is 2.68. The number of hydrogen-bond acceptors (Lipinski definition) is 12. The molecular formula is C50H88N4O12. The molecule has 66 heavy (non-hydrogen) atoms. The number of nitrogens with zero attached hydrogens (tertiary/aromatic N) is 4. The van der Waals surface area contributed by atoms with Crippen molar-refractivity contribution in [2.75, 3.05) is 55.6 Å².